The van der Waals surface area contributed by atoms with Gasteiger partial charge in [-0.05, 0) is 91.3 Å². The summed E-state index contributed by atoms with van der Waals surface area (Å²) in [6.07, 6.45) is 0. The van der Waals surface area contributed by atoms with E-state index in [1.54, 1.807) is 0 Å². The lowest BCUT2D eigenvalue weighted by Crippen LogP contribution is -2.59. The van der Waals surface area contributed by atoms with Gasteiger partial charge < -0.3 is 14.5 Å². The Hall–Kier alpha value is -6.78. The van der Waals surface area contributed by atoms with Gasteiger partial charge in [0.05, 0.1) is 16.5 Å². The monoisotopic (exact) mass is 714 g/mol. The Bertz CT molecular complexity index is 3120. The van der Waals surface area contributed by atoms with Gasteiger partial charge in [-0.15, -0.1) is 0 Å². The summed E-state index contributed by atoms with van der Waals surface area (Å²) in [5.74, 6) is 0. The molecule has 0 amide bonds. The minimum atomic E-state index is -0.557. The third-order valence-electron chi connectivity index (χ3n) is 13.5. The SMILES string of the molecule is CC1(C)c2ccccc2-c2cc3c4c(c21)N1c2ccccc2C(c2ccccc2)(c2ccccc2)c2cccc(c21)B4Nc1c-3ccc2oc3ccccc3c12. The minimum absolute atomic E-state index is 0.0997. The molecule has 8 aromatic carbocycles. The Morgan fingerprint density at radius 2 is 1.21 bits per heavy atom. The van der Waals surface area contributed by atoms with Gasteiger partial charge in [-0.1, -0.05) is 153 Å². The fourth-order valence-electron chi connectivity index (χ4n) is 11.3. The number of fused-ring (bicyclic) bond motifs is 14. The van der Waals surface area contributed by atoms with E-state index < -0.39 is 5.41 Å². The number of nitrogens with zero attached hydrogens (tertiary/aromatic N) is 1. The Labute approximate surface area is 326 Å². The fourth-order valence-corrected chi connectivity index (χ4v) is 11.3. The molecule has 4 heterocycles. The molecule has 56 heavy (non-hydrogen) atoms. The van der Waals surface area contributed by atoms with E-state index >= 15 is 0 Å². The fraction of sp³-hybridized carbons (Fsp3) is 0.0769. The summed E-state index contributed by atoms with van der Waals surface area (Å²) in [6.45, 7) is 4.75. The molecular formula is C52H35BN2O. The van der Waals surface area contributed by atoms with Gasteiger partial charge in [-0.3, -0.25) is 0 Å². The highest BCUT2D eigenvalue weighted by Crippen LogP contribution is 2.62. The number of benzene rings is 8. The Balaban J connectivity index is 1.23. The standard InChI is InChI=1S/C52H35BN2O/c1-51(2)38-22-11-9-20-33(38)36-30-37-34-28-29-44-45(35-21-10-14-27-43(35)56-44)48(34)54-53-41-25-15-24-40-49(41)55(50(46(36)51)47(37)53)42-26-13-12-23-39(42)52(40,31-16-5-3-6-17-31)32-18-7-4-8-19-32/h3-30,54H,1-2H3. The van der Waals surface area contributed by atoms with Gasteiger partial charge in [0.25, 0.3) is 0 Å². The first kappa shape index (κ1) is 30.5. The predicted molar refractivity (Wildman–Crippen MR) is 232 cm³/mol. The van der Waals surface area contributed by atoms with Gasteiger partial charge in [0.2, 0.25) is 0 Å². The number of nitrogens with one attached hydrogen (secondary N) is 1. The Morgan fingerprint density at radius 1 is 0.536 bits per heavy atom. The molecule has 0 radical (unpaired) electrons. The van der Waals surface area contributed by atoms with E-state index in [-0.39, 0.29) is 12.3 Å². The molecular weight excluding hydrogens is 679 g/mol. The molecule has 0 unspecified atom stereocenters. The van der Waals surface area contributed by atoms with E-state index in [1.165, 1.54) is 83.6 Å². The number of furan rings is 1. The highest BCUT2D eigenvalue weighted by Gasteiger charge is 2.54. The van der Waals surface area contributed by atoms with Crippen LogP contribution in [0.5, 0.6) is 0 Å². The smallest absolute Gasteiger partial charge is 0.325 e. The van der Waals surface area contributed by atoms with Crippen molar-refractivity contribution in [3.05, 3.63) is 203 Å². The highest BCUT2D eigenvalue weighted by atomic mass is 16.3. The second kappa shape index (κ2) is 10.5. The minimum Gasteiger partial charge on any atom is -0.456 e. The molecule has 1 aromatic heterocycles. The zero-order valence-corrected chi connectivity index (χ0v) is 31.1. The van der Waals surface area contributed by atoms with Gasteiger partial charge in [-0.2, -0.15) is 0 Å². The average molecular weight is 715 g/mol. The van der Waals surface area contributed by atoms with Crippen molar-refractivity contribution in [2.75, 3.05) is 10.1 Å². The van der Waals surface area contributed by atoms with Crippen LogP contribution >= 0.6 is 0 Å². The van der Waals surface area contributed by atoms with E-state index in [0.717, 1.165) is 27.6 Å². The van der Waals surface area contributed by atoms with Crippen molar-refractivity contribution < 1.29 is 4.42 Å². The highest BCUT2D eigenvalue weighted by molar-refractivity contribution is 6.92. The molecule has 0 atom stereocenters. The molecule has 1 N–H and O–H groups in total. The molecule has 0 spiro atoms. The number of hydrogen-bond acceptors (Lipinski definition) is 3. The number of para-hydroxylation sites is 3. The molecule has 0 saturated heterocycles. The van der Waals surface area contributed by atoms with Crippen molar-refractivity contribution in [3.63, 3.8) is 0 Å². The van der Waals surface area contributed by atoms with Crippen molar-refractivity contribution >= 4 is 62.5 Å². The van der Waals surface area contributed by atoms with E-state index in [2.05, 4.69) is 194 Å². The average Bonchev–Trinajstić information content (AvgIpc) is 3.74. The second-order valence-electron chi connectivity index (χ2n) is 16.4. The van der Waals surface area contributed by atoms with Crippen LogP contribution in [0.3, 0.4) is 0 Å². The lowest BCUT2D eigenvalue weighted by molar-refractivity contribution is 0.660. The summed E-state index contributed by atoms with van der Waals surface area (Å²) < 4.78 is 6.51. The maximum atomic E-state index is 6.51. The van der Waals surface area contributed by atoms with Crippen LogP contribution in [0.2, 0.25) is 0 Å². The van der Waals surface area contributed by atoms with Crippen LogP contribution in [0.15, 0.2) is 174 Å². The molecule has 0 fully saturated rings. The summed E-state index contributed by atoms with van der Waals surface area (Å²) in [6, 6.07) is 63.1. The second-order valence-corrected chi connectivity index (χ2v) is 16.4. The summed E-state index contributed by atoms with van der Waals surface area (Å²) in [4.78, 5) is 2.67. The van der Waals surface area contributed by atoms with Crippen molar-refractivity contribution in [1.82, 2.24) is 0 Å². The van der Waals surface area contributed by atoms with Crippen molar-refractivity contribution in [3.8, 4) is 22.3 Å². The van der Waals surface area contributed by atoms with Gasteiger partial charge in [0, 0.05) is 33.4 Å². The molecule has 4 aliphatic rings. The lowest BCUT2D eigenvalue weighted by Gasteiger charge is -2.51. The lowest BCUT2D eigenvalue weighted by atomic mass is 9.43. The molecule has 13 rings (SSSR count). The van der Waals surface area contributed by atoms with Gasteiger partial charge in [-0.25, -0.2) is 0 Å². The zero-order chi connectivity index (χ0) is 36.9. The first-order valence-corrected chi connectivity index (χ1v) is 19.7. The quantitative estimate of drug-likeness (QED) is 0.181. The molecule has 9 aromatic rings. The molecule has 0 bridgehead atoms. The van der Waals surface area contributed by atoms with Gasteiger partial charge in [0.15, 0.2) is 0 Å². The van der Waals surface area contributed by atoms with Crippen LogP contribution in [0, 0.1) is 0 Å². The summed E-state index contributed by atoms with van der Waals surface area (Å²) in [5.41, 5.74) is 21.6. The molecule has 3 nitrogen and oxygen atoms in total. The summed E-state index contributed by atoms with van der Waals surface area (Å²) >= 11 is 0. The largest absolute Gasteiger partial charge is 0.456 e. The Morgan fingerprint density at radius 3 is 2.02 bits per heavy atom. The van der Waals surface area contributed by atoms with Crippen molar-refractivity contribution in [2.24, 2.45) is 0 Å². The van der Waals surface area contributed by atoms with E-state index in [4.69, 9.17) is 4.42 Å². The van der Waals surface area contributed by atoms with Crippen LogP contribution in [-0.4, -0.2) is 6.85 Å². The van der Waals surface area contributed by atoms with Crippen LogP contribution in [0.25, 0.3) is 44.2 Å². The first-order valence-electron chi connectivity index (χ1n) is 19.7. The molecule has 3 aliphatic heterocycles. The molecule has 262 valence electrons. The number of anilines is 4. The van der Waals surface area contributed by atoms with Crippen molar-refractivity contribution in [2.45, 2.75) is 24.7 Å². The third-order valence-corrected chi connectivity index (χ3v) is 13.5. The zero-order valence-electron chi connectivity index (χ0n) is 31.1. The summed E-state index contributed by atoms with van der Waals surface area (Å²) in [7, 11) is 0. The van der Waals surface area contributed by atoms with E-state index in [1.807, 2.05) is 0 Å². The molecule has 0 saturated carbocycles. The topological polar surface area (TPSA) is 28.4 Å². The van der Waals surface area contributed by atoms with Crippen LogP contribution in [0.4, 0.5) is 22.7 Å². The van der Waals surface area contributed by atoms with Crippen LogP contribution < -0.4 is 21.1 Å². The normalized spacial score (nSPS) is 15.7. The predicted octanol–water partition coefficient (Wildman–Crippen LogP) is 11.6. The number of hydrogen-bond donors (Lipinski definition) is 1. The van der Waals surface area contributed by atoms with Gasteiger partial charge in [0.1, 0.15) is 11.2 Å². The van der Waals surface area contributed by atoms with E-state index in [9.17, 15) is 0 Å². The molecule has 1 aliphatic carbocycles. The Kier molecular flexibility index (Phi) is 5.72. The van der Waals surface area contributed by atoms with E-state index in [0.29, 0.717) is 0 Å². The first-order chi connectivity index (χ1) is 27.6. The van der Waals surface area contributed by atoms with Crippen molar-refractivity contribution in [1.29, 1.82) is 0 Å². The van der Waals surface area contributed by atoms with Crippen LogP contribution in [-0.2, 0) is 10.8 Å². The number of rotatable bonds is 2. The van der Waals surface area contributed by atoms with Crippen LogP contribution in [0.1, 0.15) is 47.2 Å². The maximum Gasteiger partial charge on any atom is 0.325 e. The third kappa shape index (κ3) is 3.52. The maximum absolute atomic E-state index is 6.51. The molecule has 4 heteroatoms. The van der Waals surface area contributed by atoms with Gasteiger partial charge >= 0.3 is 6.85 Å². The summed E-state index contributed by atoms with van der Waals surface area (Å²) in [5, 5.41) is 6.53.